The Morgan fingerprint density at radius 3 is 1.63 bits per heavy atom. The Bertz CT molecular complexity index is 352. The molecule has 19 heavy (non-hydrogen) atoms. The summed E-state index contributed by atoms with van der Waals surface area (Å²) in [7, 11) is 1.79. The van der Waals surface area contributed by atoms with Gasteiger partial charge >= 0.3 is 0 Å². The lowest BCUT2D eigenvalue weighted by Gasteiger charge is -2.56. The third-order valence-corrected chi connectivity index (χ3v) is 5.02. The van der Waals surface area contributed by atoms with Crippen molar-refractivity contribution >= 4 is 0 Å². The van der Waals surface area contributed by atoms with E-state index in [4.69, 9.17) is 9.47 Å². The molecule has 0 N–H and O–H groups in total. The van der Waals surface area contributed by atoms with Crippen LogP contribution >= 0.6 is 0 Å². The van der Waals surface area contributed by atoms with Crippen LogP contribution in [0.2, 0.25) is 0 Å². The van der Waals surface area contributed by atoms with Crippen molar-refractivity contribution in [1.82, 2.24) is 4.90 Å². The maximum Gasteiger partial charge on any atom is 0.117 e. The molecule has 0 aromatic rings. The average molecular weight is 271 g/mol. The topological polar surface area (TPSA) is 21.7 Å². The van der Waals surface area contributed by atoms with Crippen molar-refractivity contribution < 1.29 is 9.47 Å². The first kappa shape index (κ1) is 16.9. The van der Waals surface area contributed by atoms with Crippen LogP contribution in [0.1, 0.15) is 69.2 Å². The molecule has 1 saturated heterocycles. The van der Waals surface area contributed by atoms with Crippen LogP contribution in [-0.4, -0.2) is 40.0 Å². The molecule has 0 radical (unpaired) electrons. The molecule has 0 bridgehead atoms. The van der Waals surface area contributed by atoms with E-state index in [0.29, 0.717) is 0 Å². The van der Waals surface area contributed by atoms with Crippen LogP contribution in [-0.2, 0) is 9.47 Å². The monoisotopic (exact) mass is 271 g/mol. The second-order valence-electron chi connectivity index (χ2n) is 8.35. The molecule has 114 valence electrons. The minimum atomic E-state index is -0.327. The zero-order chi connectivity index (χ0) is 15.5. The smallest absolute Gasteiger partial charge is 0.117 e. The SMILES string of the molecule is COC(C)(C)C1(C)N(C(C)(C)C)C(C)(C)OC1(C)C. The molecule has 1 aliphatic heterocycles. The lowest BCUT2D eigenvalue weighted by atomic mass is 9.70. The van der Waals surface area contributed by atoms with E-state index in [1.54, 1.807) is 7.11 Å². The Morgan fingerprint density at radius 2 is 1.32 bits per heavy atom. The zero-order valence-corrected chi connectivity index (χ0v) is 14.8. The summed E-state index contributed by atoms with van der Waals surface area (Å²) in [4.78, 5) is 2.47. The standard InChI is InChI=1S/C16H33NO2/c1-12(2,3)17-15(8,9)19-14(6,7)16(17,10)13(4,5)18-11/h1-11H3. The van der Waals surface area contributed by atoms with E-state index in [9.17, 15) is 0 Å². The molecule has 0 spiro atoms. The number of methoxy groups -OCH3 is 1. The second kappa shape index (κ2) is 4.19. The van der Waals surface area contributed by atoms with Crippen LogP contribution in [0.5, 0.6) is 0 Å². The minimum absolute atomic E-state index is 0.0121. The number of hydrogen-bond donors (Lipinski definition) is 0. The van der Waals surface area contributed by atoms with Gasteiger partial charge in [0.2, 0.25) is 0 Å². The summed E-state index contributed by atoms with van der Waals surface area (Å²) in [5.74, 6) is 0. The maximum atomic E-state index is 6.42. The van der Waals surface area contributed by atoms with Gasteiger partial charge in [-0.3, -0.25) is 4.90 Å². The molecule has 1 heterocycles. The van der Waals surface area contributed by atoms with E-state index in [-0.39, 0.29) is 28.0 Å². The summed E-state index contributed by atoms with van der Waals surface area (Å²) in [5, 5.41) is 0. The molecule has 0 aromatic heterocycles. The molecule has 1 unspecified atom stereocenters. The predicted molar refractivity (Wildman–Crippen MR) is 80.3 cm³/mol. The fourth-order valence-electron chi connectivity index (χ4n) is 4.25. The molecule has 0 amide bonds. The number of rotatable bonds is 2. The van der Waals surface area contributed by atoms with Crippen molar-refractivity contribution in [3.8, 4) is 0 Å². The van der Waals surface area contributed by atoms with E-state index in [2.05, 4.69) is 74.1 Å². The average Bonchev–Trinajstić information content (AvgIpc) is 2.27. The number of nitrogens with zero attached hydrogens (tertiary/aromatic N) is 1. The summed E-state index contributed by atoms with van der Waals surface area (Å²) < 4.78 is 12.3. The molecule has 0 aliphatic carbocycles. The van der Waals surface area contributed by atoms with E-state index in [1.165, 1.54) is 0 Å². The van der Waals surface area contributed by atoms with Gasteiger partial charge in [-0.2, -0.15) is 0 Å². The lowest BCUT2D eigenvalue weighted by Crippen LogP contribution is -2.71. The van der Waals surface area contributed by atoms with E-state index in [0.717, 1.165) is 0 Å². The Morgan fingerprint density at radius 1 is 0.895 bits per heavy atom. The Labute approximate surface area is 119 Å². The Hall–Kier alpha value is -0.120. The summed E-state index contributed by atoms with van der Waals surface area (Å²) >= 11 is 0. The van der Waals surface area contributed by atoms with Crippen LogP contribution < -0.4 is 0 Å². The highest BCUT2D eigenvalue weighted by molar-refractivity contribution is 5.19. The van der Waals surface area contributed by atoms with Gasteiger partial charge in [0.25, 0.3) is 0 Å². The molecule has 1 fully saturated rings. The number of ether oxygens (including phenoxy) is 2. The van der Waals surface area contributed by atoms with E-state index in [1.807, 2.05) is 0 Å². The second-order valence-corrected chi connectivity index (χ2v) is 8.35. The van der Waals surface area contributed by atoms with Crippen LogP contribution in [0, 0.1) is 0 Å². The quantitative estimate of drug-likeness (QED) is 0.762. The van der Waals surface area contributed by atoms with Gasteiger partial charge in [0, 0.05) is 12.6 Å². The maximum absolute atomic E-state index is 6.42. The first-order valence-corrected chi connectivity index (χ1v) is 7.19. The zero-order valence-electron chi connectivity index (χ0n) is 14.8. The van der Waals surface area contributed by atoms with Crippen LogP contribution in [0.4, 0.5) is 0 Å². The van der Waals surface area contributed by atoms with Crippen molar-refractivity contribution in [3.63, 3.8) is 0 Å². The molecule has 1 aliphatic rings. The van der Waals surface area contributed by atoms with Gasteiger partial charge in [-0.1, -0.05) is 0 Å². The van der Waals surface area contributed by atoms with Gasteiger partial charge in [-0.15, -0.1) is 0 Å². The summed E-state index contributed by atoms with van der Waals surface area (Å²) in [6.45, 7) is 21.9. The highest BCUT2D eigenvalue weighted by Crippen LogP contribution is 2.55. The molecule has 0 saturated carbocycles. The van der Waals surface area contributed by atoms with Crippen molar-refractivity contribution in [2.75, 3.05) is 7.11 Å². The molecular formula is C16H33NO2. The molecule has 1 atom stereocenters. The van der Waals surface area contributed by atoms with Crippen LogP contribution in [0.3, 0.4) is 0 Å². The summed E-state index contributed by atoms with van der Waals surface area (Å²) in [6, 6.07) is 0. The third-order valence-electron chi connectivity index (χ3n) is 5.02. The van der Waals surface area contributed by atoms with Gasteiger partial charge in [0.05, 0.1) is 16.7 Å². The van der Waals surface area contributed by atoms with Crippen molar-refractivity contribution in [3.05, 3.63) is 0 Å². The fraction of sp³-hybridized carbons (Fsp3) is 1.00. The largest absolute Gasteiger partial charge is 0.377 e. The first-order valence-electron chi connectivity index (χ1n) is 7.19. The van der Waals surface area contributed by atoms with Gasteiger partial charge in [0.1, 0.15) is 5.72 Å². The van der Waals surface area contributed by atoms with Crippen molar-refractivity contribution in [2.24, 2.45) is 0 Å². The molecule has 0 aromatic carbocycles. The molecule has 3 nitrogen and oxygen atoms in total. The summed E-state index contributed by atoms with van der Waals surface area (Å²) in [6.07, 6.45) is 0. The van der Waals surface area contributed by atoms with Gasteiger partial charge < -0.3 is 9.47 Å². The third kappa shape index (κ3) is 2.24. The van der Waals surface area contributed by atoms with E-state index >= 15 is 0 Å². The summed E-state index contributed by atoms with van der Waals surface area (Å²) in [5.41, 5.74) is -1.20. The highest BCUT2D eigenvalue weighted by atomic mass is 16.6. The Balaban J connectivity index is 3.55. The minimum Gasteiger partial charge on any atom is -0.377 e. The van der Waals surface area contributed by atoms with Gasteiger partial charge in [-0.25, -0.2) is 0 Å². The van der Waals surface area contributed by atoms with Gasteiger partial charge in [-0.05, 0) is 69.2 Å². The predicted octanol–water partition coefficient (Wildman–Crippen LogP) is 3.82. The molecular weight excluding hydrogens is 238 g/mol. The number of hydrogen-bond acceptors (Lipinski definition) is 3. The van der Waals surface area contributed by atoms with Crippen LogP contribution in [0.25, 0.3) is 0 Å². The first-order chi connectivity index (χ1) is 8.13. The van der Waals surface area contributed by atoms with Crippen LogP contribution in [0.15, 0.2) is 0 Å². The Kier molecular flexibility index (Phi) is 3.73. The molecule has 3 heteroatoms. The molecule has 1 rings (SSSR count). The van der Waals surface area contributed by atoms with E-state index < -0.39 is 0 Å². The van der Waals surface area contributed by atoms with Gasteiger partial charge in [0.15, 0.2) is 0 Å². The van der Waals surface area contributed by atoms with Crippen molar-refractivity contribution in [1.29, 1.82) is 0 Å². The highest BCUT2D eigenvalue weighted by Gasteiger charge is 2.68. The van der Waals surface area contributed by atoms with Crippen molar-refractivity contribution in [2.45, 2.75) is 97.2 Å². The lowest BCUT2D eigenvalue weighted by molar-refractivity contribution is -0.153. The normalized spacial score (nSPS) is 31.7. The fourth-order valence-corrected chi connectivity index (χ4v) is 4.25.